The topological polar surface area (TPSA) is 47.6 Å². The van der Waals surface area contributed by atoms with Crippen molar-refractivity contribution in [1.82, 2.24) is 5.32 Å². The second-order valence-corrected chi connectivity index (χ2v) is 6.85. The molecule has 6 heteroatoms. The number of halogens is 1. The van der Waals surface area contributed by atoms with Crippen LogP contribution in [0.25, 0.3) is 0 Å². The first-order chi connectivity index (χ1) is 11.7. The van der Waals surface area contributed by atoms with E-state index in [0.29, 0.717) is 30.3 Å². The maximum absolute atomic E-state index is 13.3. The first-order valence-electron chi connectivity index (χ1n) is 8.05. The van der Waals surface area contributed by atoms with Crippen molar-refractivity contribution in [2.24, 2.45) is 0 Å². The minimum Gasteiger partial charge on any atom is -0.488 e. The Morgan fingerprint density at radius 2 is 2.29 bits per heavy atom. The molecule has 1 aromatic heterocycles. The van der Waals surface area contributed by atoms with Crippen LogP contribution in [-0.4, -0.2) is 31.3 Å². The van der Waals surface area contributed by atoms with Gasteiger partial charge in [0.15, 0.2) is 0 Å². The van der Waals surface area contributed by atoms with Crippen molar-refractivity contribution in [1.29, 1.82) is 0 Å². The molecule has 1 fully saturated rings. The molecule has 2 aromatic rings. The average Bonchev–Trinajstić information content (AvgIpc) is 3.06. The van der Waals surface area contributed by atoms with Gasteiger partial charge in [-0.25, -0.2) is 4.39 Å². The largest absolute Gasteiger partial charge is 0.488 e. The van der Waals surface area contributed by atoms with Crippen molar-refractivity contribution in [3.05, 3.63) is 52.0 Å². The van der Waals surface area contributed by atoms with Gasteiger partial charge in [0.1, 0.15) is 17.7 Å². The monoisotopic (exact) mass is 349 g/mol. The minimum atomic E-state index is -0.342. The maximum atomic E-state index is 13.3. The Balaban J connectivity index is 1.66. The van der Waals surface area contributed by atoms with Gasteiger partial charge < -0.3 is 14.8 Å². The smallest absolute Gasteiger partial charge is 0.261 e. The minimum absolute atomic E-state index is 0.122. The van der Waals surface area contributed by atoms with Crippen molar-refractivity contribution < 1.29 is 18.7 Å². The zero-order valence-corrected chi connectivity index (χ0v) is 14.3. The first-order valence-corrected chi connectivity index (χ1v) is 8.87. The van der Waals surface area contributed by atoms with E-state index in [2.05, 4.69) is 12.2 Å². The highest BCUT2D eigenvalue weighted by atomic mass is 32.1. The molecule has 1 saturated heterocycles. The van der Waals surface area contributed by atoms with E-state index in [4.69, 9.17) is 9.47 Å². The molecule has 1 aromatic carbocycles. The number of hydrogen-bond donors (Lipinski definition) is 1. The van der Waals surface area contributed by atoms with E-state index in [-0.39, 0.29) is 23.9 Å². The van der Waals surface area contributed by atoms with Gasteiger partial charge in [-0.3, -0.25) is 4.79 Å². The number of rotatable bonds is 5. The maximum Gasteiger partial charge on any atom is 0.261 e. The first kappa shape index (κ1) is 16.9. The summed E-state index contributed by atoms with van der Waals surface area (Å²) in [6, 6.07) is 9.59. The van der Waals surface area contributed by atoms with Gasteiger partial charge in [-0.15, -0.1) is 11.3 Å². The summed E-state index contributed by atoms with van der Waals surface area (Å²) in [6.07, 6.45) is 1.32. The molecule has 24 heavy (non-hydrogen) atoms. The standard InChI is InChI=1S/C18H20FNO3S/c1-2-14-6-7-17(24-14)18(21)20-15-11-22-9-8-16(15)23-13-5-3-4-12(19)10-13/h3-7,10,15-16H,2,8-9,11H2,1H3,(H,20,21)/t15-,16+/m1/s1. The summed E-state index contributed by atoms with van der Waals surface area (Å²) < 4.78 is 24.7. The highest BCUT2D eigenvalue weighted by Gasteiger charge is 2.29. The Bertz CT molecular complexity index is 703. The number of hydrogen-bond acceptors (Lipinski definition) is 4. The van der Waals surface area contributed by atoms with Crippen LogP contribution in [0, 0.1) is 5.82 Å². The van der Waals surface area contributed by atoms with E-state index in [0.717, 1.165) is 6.42 Å². The summed E-state index contributed by atoms with van der Waals surface area (Å²) in [5.74, 6) is -0.000547. The molecule has 2 atom stereocenters. The third-order valence-corrected chi connectivity index (χ3v) is 5.16. The van der Waals surface area contributed by atoms with E-state index in [9.17, 15) is 9.18 Å². The van der Waals surface area contributed by atoms with Crippen LogP contribution < -0.4 is 10.1 Å². The van der Waals surface area contributed by atoms with Crippen molar-refractivity contribution >= 4 is 17.2 Å². The van der Waals surface area contributed by atoms with Crippen molar-refractivity contribution in [2.75, 3.05) is 13.2 Å². The SMILES string of the molecule is CCc1ccc(C(=O)N[C@@H]2COCC[C@@H]2Oc2cccc(F)c2)s1. The molecule has 1 amide bonds. The third-order valence-electron chi connectivity index (χ3n) is 3.93. The quantitative estimate of drug-likeness (QED) is 0.900. The van der Waals surface area contributed by atoms with E-state index in [1.807, 2.05) is 12.1 Å². The lowest BCUT2D eigenvalue weighted by molar-refractivity contribution is -0.00292. The number of benzene rings is 1. The van der Waals surface area contributed by atoms with Crippen LogP contribution in [0.3, 0.4) is 0 Å². The molecule has 128 valence electrons. The number of carbonyl (C=O) groups is 1. The molecule has 4 nitrogen and oxygen atoms in total. The van der Waals surface area contributed by atoms with Crippen LogP contribution in [-0.2, 0) is 11.2 Å². The van der Waals surface area contributed by atoms with Gasteiger partial charge in [-0.1, -0.05) is 13.0 Å². The molecule has 0 unspecified atom stereocenters. The van der Waals surface area contributed by atoms with Gasteiger partial charge >= 0.3 is 0 Å². The average molecular weight is 349 g/mol. The highest BCUT2D eigenvalue weighted by molar-refractivity contribution is 7.14. The molecule has 1 aliphatic rings. The summed E-state index contributed by atoms with van der Waals surface area (Å²) in [5.41, 5.74) is 0. The molecule has 0 spiro atoms. The number of ether oxygens (including phenoxy) is 2. The predicted molar refractivity (Wildman–Crippen MR) is 91.2 cm³/mol. The van der Waals surface area contributed by atoms with E-state index >= 15 is 0 Å². The Kier molecular flexibility index (Phi) is 5.48. The Labute approximate surface area is 144 Å². The van der Waals surface area contributed by atoms with Crippen molar-refractivity contribution in [2.45, 2.75) is 31.9 Å². The lowest BCUT2D eigenvalue weighted by atomic mass is 10.1. The molecule has 1 N–H and O–H groups in total. The zero-order valence-electron chi connectivity index (χ0n) is 13.5. The van der Waals surface area contributed by atoms with E-state index < -0.39 is 0 Å². The second kappa shape index (κ2) is 7.77. The van der Waals surface area contributed by atoms with Crippen LogP contribution in [0.1, 0.15) is 27.9 Å². The molecule has 2 heterocycles. The summed E-state index contributed by atoms with van der Waals surface area (Å²) in [7, 11) is 0. The predicted octanol–water partition coefficient (Wildman–Crippen LogP) is 3.42. The molecule has 3 rings (SSSR count). The van der Waals surface area contributed by atoms with E-state index in [1.54, 1.807) is 12.1 Å². The number of thiophene rings is 1. The van der Waals surface area contributed by atoms with Gasteiger partial charge in [-0.05, 0) is 30.7 Å². The Morgan fingerprint density at radius 1 is 1.42 bits per heavy atom. The molecule has 0 aliphatic carbocycles. The number of aryl methyl sites for hydroxylation is 1. The van der Waals surface area contributed by atoms with Gasteiger partial charge in [0.2, 0.25) is 0 Å². The summed E-state index contributed by atoms with van der Waals surface area (Å²) in [4.78, 5) is 14.3. The fraction of sp³-hybridized carbons (Fsp3) is 0.389. The molecule has 1 aliphatic heterocycles. The number of amides is 1. The van der Waals surface area contributed by atoms with Crippen LogP contribution in [0.2, 0.25) is 0 Å². The van der Waals surface area contributed by atoms with Crippen LogP contribution in [0.15, 0.2) is 36.4 Å². The number of nitrogens with one attached hydrogen (secondary N) is 1. The van der Waals surface area contributed by atoms with Crippen molar-refractivity contribution in [3.63, 3.8) is 0 Å². The van der Waals surface area contributed by atoms with Gasteiger partial charge in [0.25, 0.3) is 5.91 Å². The molecular weight excluding hydrogens is 329 g/mol. The van der Waals surface area contributed by atoms with E-state index in [1.165, 1.54) is 28.3 Å². The molecular formula is C18H20FNO3S. The normalized spacial score (nSPS) is 20.6. The third kappa shape index (κ3) is 4.13. The second-order valence-electron chi connectivity index (χ2n) is 5.68. The summed E-state index contributed by atoms with van der Waals surface area (Å²) >= 11 is 1.49. The van der Waals surface area contributed by atoms with Gasteiger partial charge in [-0.2, -0.15) is 0 Å². The van der Waals surface area contributed by atoms with Gasteiger partial charge in [0.05, 0.1) is 24.1 Å². The Hall–Kier alpha value is -1.92. The fourth-order valence-electron chi connectivity index (χ4n) is 2.64. The van der Waals surface area contributed by atoms with Crippen LogP contribution >= 0.6 is 11.3 Å². The summed E-state index contributed by atoms with van der Waals surface area (Å²) in [5, 5.41) is 2.99. The summed E-state index contributed by atoms with van der Waals surface area (Å²) in [6.45, 7) is 3.01. The molecule has 0 saturated carbocycles. The zero-order chi connectivity index (χ0) is 16.9. The van der Waals surface area contributed by atoms with Crippen LogP contribution in [0.5, 0.6) is 5.75 Å². The van der Waals surface area contributed by atoms with Crippen molar-refractivity contribution in [3.8, 4) is 5.75 Å². The molecule has 0 bridgehead atoms. The molecule has 0 radical (unpaired) electrons. The highest BCUT2D eigenvalue weighted by Crippen LogP contribution is 2.21. The van der Waals surface area contributed by atoms with Crippen LogP contribution in [0.4, 0.5) is 4.39 Å². The Morgan fingerprint density at radius 3 is 3.04 bits per heavy atom. The number of carbonyl (C=O) groups excluding carboxylic acids is 1. The lowest BCUT2D eigenvalue weighted by Crippen LogP contribution is -2.51. The van der Waals surface area contributed by atoms with Gasteiger partial charge in [0, 0.05) is 17.4 Å². The lowest BCUT2D eigenvalue weighted by Gasteiger charge is -2.32. The fourth-order valence-corrected chi connectivity index (χ4v) is 3.49.